The lowest BCUT2D eigenvalue weighted by molar-refractivity contribution is 0.325. The average Bonchev–Trinajstić information content (AvgIpc) is 2.49. The van der Waals surface area contributed by atoms with Gasteiger partial charge in [-0.2, -0.15) is 0 Å². The first kappa shape index (κ1) is 12.9. The van der Waals surface area contributed by atoms with Gasteiger partial charge in [0.15, 0.2) is 0 Å². The second-order valence-corrected chi connectivity index (χ2v) is 4.99. The molecule has 0 aliphatic rings. The molecular weight excluding hydrogens is 270 g/mol. The summed E-state index contributed by atoms with van der Waals surface area (Å²) in [6.07, 6.45) is 2.63. The molecule has 3 heteroatoms. The number of fused-ring (bicyclic) bond motifs is 1. The molecule has 2 aromatic carbocycles. The Bertz CT molecular complexity index is 704. The van der Waals surface area contributed by atoms with Crippen molar-refractivity contribution in [3.05, 3.63) is 71.4 Å². The Balaban J connectivity index is 1.69. The highest BCUT2D eigenvalue weighted by Gasteiger charge is 2.02. The maximum atomic E-state index is 5.88. The van der Waals surface area contributed by atoms with Crippen LogP contribution in [0.1, 0.15) is 5.56 Å². The molecule has 0 radical (unpaired) electrons. The fraction of sp³-hybridized carbons (Fsp3) is 0.118. The molecule has 0 fully saturated rings. The van der Waals surface area contributed by atoms with E-state index >= 15 is 0 Å². The van der Waals surface area contributed by atoms with Crippen LogP contribution < -0.4 is 4.74 Å². The summed E-state index contributed by atoms with van der Waals surface area (Å²) in [5.41, 5.74) is 2.17. The van der Waals surface area contributed by atoms with E-state index in [-0.39, 0.29) is 0 Å². The maximum Gasteiger partial charge on any atom is 0.130 e. The van der Waals surface area contributed by atoms with Crippen LogP contribution in [-0.2, 0) is 6.42 Å². The van der Waals surface area contributed by atoms with Crippen molar-refractivity contribution in [2.45, 2.75) is 6.42 Å². The van der Waals surface area contributed by atoms with E-state index in [9.17, 15) is 0 Å². The van der Waals surface area contributed by atoms with Crippen LogP contribution in [-0.4, -0.2) is 11.6 Å². The molecule has 0 unspecified atom stereocenters. The maximum absolute atomic E-state index is 5.88. The average molecular weight is 284 g/mol. The van der Waals surface area contributed by atoms with Crippen LogP contribution >= 0.6 is 11.6 Å². The summed E-state index contributed by atoms with van der Waals surface area (Å²) in [6.45, 7) is 0.635. The van der Waals surface area contributed by atoms with E-state index < -0.39 is 0 Å². The third-order valence-corrected chi connectivity index (χ3v) is 3.42. The molecule has 0 N–H and O–H groups in total. The van der Waals surface area contributed by atoms with E-state index in [0.29, 0.717) is 6.61 Å². The smallest absolute Gasteiger partial charge is 0.130 e. The zero-order valence-corrected chi connectivity index (χ0v) is 11.7. The summed E-state index contributed by atoms with van der Waals surface area (Å²) in [7, 11) is 0. The molecule has 0 aliphatic carbocycles. The SMILES string of the molecule is Clc1ccc(CCOc2ccnc3ccccc23)cc1. The first-order valence-electron chi connectivity index (χ1n) is 6.54. The minimum absolute atomic E-state index is 0.635. The molecule has 0 atom stereocenters. The molecule has 3 aromatic rings. The Labute approximate surface area is 123 Å². The van der Waals surface area contributed by atoms with E-state index in [1.807, 2.05) is 54.6 Å². The second-order valence-electron chi connectivity index (χ2n) is 4.55. The van der Waals surface area contributed by atoms with E-state index in [0.717, 1.165) is 28.1 Å². The van der Waals surface area contributed by atoms with Crippen molar-refractivity contribution in [1.82, 2.24) is 4.98 Å². The fourth-order valence-corrected chi connectivity index (χ4v) is 2.25. The van der Waals surface area contributed by atoms with Gasteiger partial charge < -0.3 is 4.74 Å². The number of hydrogen-bond acceptors (Lipinski definition) is 2. The van der Waals surface area contributed by atoms with Crippen LogP contribution in [0.5, 0.6) is 5.75 Å². The van der Waals surface area contributed by atoms with Gasteiger partial charge in [0.05, 0.1) is 12.1 Å². The predicted octanol–water partition coefficient (Wildman–Crippen LogP) is 4.51. The Morgan fingerprint density at radius 2 is 1.75 bits per heavy atom. The van der Waals surface area contributed by atoms with Crippen molar-refractivity contribution in [3.8, 4) is 5.75 Å². The van der Waals surface area contributed by atoms with Crippen molar-refractivity contribution < 1.29 is 4.74 Å². The van der Waals surface area contributed by atoms with Crippen LogP contribution in [0.15, 0.2) is 60.8 Å². The molecule has 1 aromatic heterocycles. The highest BCUT2D eigenvalue weighted by Crippen LogP contribution is 2.23. The number of halogens is 1. The molecule has 2 nitrogen and oxygen atoms in total. The quantitative estimate of drug-likeness (QED) is 0.703. The minimum atomic E-state index is 0.635. The number of pyridine rings is 1. The third kappa shape index (κ3) is 2.91. The summed E-state index contributed by atoms with van der Waals surface area (Å²) in [5.74, 6) is 0.879. The van der Waals surface area contributed by atoms with Gasteiger partial charge in [-0.25, -0.2) is 0 Å². The van der Waals surface area contributed by atoms with Gasteiger partial charge in [-0.1, -0.05) is 35.9 Å². The van der Waals surface area contributed by atoms with Crippen molar-refractivity contribution in [3.63, 3.8) is 0 Å². The van der Waals surface area contributed by atoms with E-state index in [4.69, 9.17) is 16.3 Å². The first-order valence-corrected chi connectivity index (χ1v) is 6.92. The van der Waals surface area contributed by atoms with Gasteiger partial charge in [0.25, 0.3) is 0 Å². The van der Waals surface area contributed by atoms with Crippen molar-refractivity contribution in [1.29, 1.82) is 0 Å². The fourth-order valence-electron chi connectivity index (χ4n) is 2.13. The standard InChI is InChI=1S/C17H14ClNO/c18-14-7-5-13(6-8-14)10-12-20-17-9-11-19-16-4-2-1-3-15(16)17/h1-9,11H,10,12H2. The zero-order valence-electron chi connectivity index (χ0n) is 10.9. The number of rotatable bonds is 4. The lowest BCUT2D eigenvalue weighted by Gasteiger charge is -2.09. The lowest BCUT2D eigenvalue weighted by Crippen LogP contribution is -2.01. The van der Waals surface area contributed by atoms with Gasteiger partial charge in [-0.3, -0.25) is 4.98 Å². The van der Waals surface area contributed by atoms with Crippen molar-refractivity contribution in [2.24, 2.45) is 0 Å². The Morgan fingerprint density at radius 3 is 2.60 bits per heavy atom. The molecule has 0 saturated heterocycles. The second kappa shape index (κ2) is 5.93. The van der Waals surface area contributed by atoms with E-state index in [1.165, 1.54) is 5.56 Å². The Hall–Kier alpha value is -2.06. The minimum Gasteiger partial charge on any atom is -0.492 e. The van der Waals surface area contributed by atoms with Gasteiger partial charge in [-0.15, -0.1) is 0 Å². The largest absolute Gasteiger partial charge is 0.492 e. The van der Waals surface area contributed by atoms with Crippen LogP contribution in [0.2, 0.25) is 5.02 Å². The molecular formula is C17H14ClNO. The predicted molar refractivity (Wildman–Crippen MR) is 82.4 cm³/mol. The summed E-state index contributed by atoms with van der Waals surface area (Å²) < 4.78 is 5.88. The van der Waals surface area contributed by atoms with Gasteiger partial charge in [0.1, 0.15) is 5.75 Å². The normalized spacial score (nSPS) is 10.7. The summed E-state index contributed by atoms with van der Waals surface area (Å²) in [5, 5.41) is 1.81. The Morgan fingerprint density at radius 1 is 0.950 bits per heavy atom. The van der Waals surface area contributed by atoms with E-state index in [1.54, 1.807) is 6.20 Å². The van der Waals surface area contributed by atoms with Crippen LogP contribution in [0.25, 0.3) is 10.9 Å². The van der Waals surface area contributed by atoms with Gasteiger partial charge in [-0.05, 0) is 35.9 Å². The highest BCUT2D eigenvalue weighted by molar-refractivity contribution is 6.30. The van der Waals surface area contributed by atoms with Crippen LogP contribution in [0.4, 0.5) is 0 Å². The highest BCUT2D eigenvalue weighted by atomic mass is 35.5. The summed E-state index contributed by atoms with van der Waals surface area (Å²) in [4.78, 5) is 4.32. The molecule has 20 heavy (non-hydrogen) atoms. The van der Waals surface area contributed by atoms with E-state index in [2.05, 4.69) is 4.98 Å². The van der Waals surface area contributed by atoms with Crippen LogP contribution in [0.3, 0.4) is 0 Å². The number of benzene rings is 2. The van der Waals surface area contributed by atoms with Crippen LogP contribution in [0, 0.1) is 0 Å². The molecule has 100 valence electrons. The first-order chi connectivity index (χ1) is 9.83. The van der Waals surface area contributed by atoms with Gasteiger partial charge >= 0.3 is 0 Å². The number of para-hydroxylation sites is 1. The Kier molecular flexibility index (Phi) is 3.84. The lowest BCUT2D eigenvalue weighted by atomic mass is 10.1. The monoisotopic (exact) mass is 283 g/mol. The number of hydrogen-bond donors (Lipinski definition) is 0. The number of nitrogens with zero attached hydrogens (tertiary/aromatic N) is 1. The molecule has 0 saturated carbocycles. The number of aromatic nitrogens is 1. The molecule has 1 heterocycles. The summed E-state index contributed by atoms with van der Waals surface area (Å²) >= 11 is 5.87. The molecule has 3 rings (SSSR count). The molecule has 0 bridgehead atoms. The van der Waals surface area contributed by atoms with Crippen molar-refractivity contribution in [2.75, 3.05) is 6.61 Å². The van der Waals surface area contributed by atoms with Crippen molar-refractivity contribution >= 4 is 22.5 Å². The van der Waals surface area contributed by atoms with Gasteiger partial charge in [0.2, 0.25) is 0 Å². The molecule has 0 aliphatic heterocycles. The summed E-state index contributed by atoms with van der Waals surface area (Å²) in [6, 6.07) is 17.7. The molecule has 0 spiro atoms. The van der Waals surface area contributed by atoms with Gasteiger partial charge in [0, 0.05) is 23.0 Å². The number of ether oxygens (including phenoxy) is 1. The molecule has 0 amide bonds. The topological polar surface area (TPSA) is 22.1 Å². The third-order valence-electron chi connectivity index (χ3n) is 3.17. The zero-order chi connectivity index (χ0) is 13.8.